The van der Waals surface area contributed by atoms with Gasteiger partial charge in [-0.2, -0.15) is 0 Å². The maximum atomic E-state index is 12.9. The van der Waals surface area contributed by atoms with Gasteiger partial charge in [0.15, 0.2) is 5.78 Å². The molecular formula is C27H23NO3. The first kappa shape index (κ1) is 20.4. The van der Waals surface area contributed by atoms with Crippen molar-refractivity contribution in [1.29, 1.82) is 0 Å². The van der Waals surface area contributed by atoms with Crippen LogP contribution in [0.2, 0.25) is 0 Å². The van der Waals surface area contributed by atoms with Crippen LogP contribution in [0.1, 0.15) is 33.9 Å². The molecule has 0 radical (unpaired) electrons. The SMILES string of the molecule is O=C(NC(CC(=O)c1ccccc1)c1ccc2ccccc2c1)OCc1ccccc1. The first-order valence-corrected chi connectivity index (χ1v) is 10.2. The number of carbonyl (C=O) groups is 2. The number of hydrogen-bond donors (Lipinski definition) is 1. The van der Waals surface area contributed by atoms with Crippen molar-refractivity contribution in [2.45, 2.75) is 19.1 Å². The van der Waals surface area contributed by atoms with Crippen molar-refractivity contribution in [2.24, 2.45) is 0 Å². The summed E-state index contributed by atoms with van der Waals surface area (Å²) in [5, 5.41) is 5.04. The molecule has 0 aliphatic rings. The molecular weight excluding hydrogens is 386 g/mol. The van der Waals surface area contributed by atoms with Crippen LogP contribution in [0.25, 0.3) is 10.8 Å². The van der Waals surface area contributed by atoms with Gasteiger partial charge in [0.2, 0.25) is 0 Å². The summed E-state index contributed by atoms with van der Waals surface area (Å²) in [7, 11) is 0. The molecule has 31 heavy (non-hydrogen) atoms. The molecule has 4 heteroatoms. The van der Waals surface area contributed by atoms with E-state index in [9.17, 15) is 9.59 Å². The predicted molar refractivity (Wildman–Crippen MR) is 122 cm³/mol. The molecule has 1 atom stereocenters. The Morgan fingerprint density at radius 1 is 0.742 bits per heavy atom. The van der Waals surface area contributed by atoms with Crippen LogP contribution in [-0.2, 0) is 11.3 Å². The van der Waals surface area contributed by atoms with Crippen LogP contribution < -0.4 is 5.32 Å². The minimum absolute atomic E-state index is 0.0397. The van der Waals surface area contributed by atoms with Crippen LogP contribution in [0.5, 0.6) is 0 Å². The summed E-state index contributed by atoms with van der Waals surface area (Å²) in [4.78, 5) is 25.4. The van der Waals surface area contributed by atoms with E-state index in [1.807, 2.05) is 91.0 Å². The van der Waals surface area contributed by atoms with Gasteiger partial charge in [-0.15, -0.1) is 0 Å². The number of hydrogen-bond acceptors (Lipinski definition) is 3. The second-order valence-electron chi connectivity index (χ2n) is 7.36. The van der Waals surface area contributed by atoms with Crippen molar-refractivity contribution in [2.75, 3.05) is 0 Å². The molecule has 4 aromatic carbocycles. The van der Waals surface area contributed by atoms with Crippen molar-refractivity contribution in [3.8, 4) is 0 Å². The van der Waals surface area contributed by atoms with E-state index in [0.717, 1.165) is 21.9 Å². The van der Waals surface area contributed by atoms with Gasteiger partial charge in [0.05, 0.1) is 6.04 Å². The number of ketones is 1. The largest absolute Gasteiger partial charge is 0.445 e. The van der Waals surface area contributed by atoms with Gasteiger partial charge in [0, 0.05) is 12.0 Å². The minimum Gasteiger partial charge on any atom is -0.445 e. The van der Waals surface area contributed by atoms with Gasteiger partial charge in [-0.3, -0.25) is 4.79 Å². The molecule has 0 aliphatic carbocycles. The van der Waals surface area contributed by atoms with Crippen LogP contribution in [0.15, 0.2) is 103 Å². The van der Waals surface area contributed by atoms with E-state index in [0.29, 0.717) is 5.56 Å². The molecule has 1 unspecified atom stereocenters. The van der Waals surface area contributed by atoms with Gasteiger partial charge in [0.1, 0.15) is 6.61 Å². The fourth-order valence-electron chi connectivity index (χ4n) is 3.51. The molecule has 0 fully saturated rings. The second kappa shape index (κ2) is 9.72. The average Bonchev–Trinajstić information content (AvgIpc) is 2.83. The van der Waals surface area contributed by atoms with Crippen LogP contribution >= 0.6 is 0 Å². The van der Waals surface area contributed by atoms with Crippen molar-refractivity contribution in [3.63, 3.8) is 0 Å². The molecule has 0 saturated heterocycles. The van der Waals surface area contributed by atoms with E-state index in [1.54, 1.807) is 12.1 Å². The predicted octanol–water partition coefficient (Wildman–Crippen LogP) is 6.08. The Kier molecular flexibility index (Phi) is 6.38. The summed E-state index contributed by atoms with van der Waals surface area (Å²) in [5.74, 6) is -0.0397. The molecule has 0 spiro atoms. The Morgan fingerprint density at radius 3 is 2.13 bits per heavy atom. The highest BCUT2D eigenvalue weighted by molar-refractivity contribution is 5.96. The van der Waals surface area contributed by atoms with E-state index in [-0.39, 0.29) is 18.8 Å². The number of alkyl carbamates (subject to hydrolysis) is 1. The summed E-state index contributed by atoms with van der Waals surface area (Å²) >= 11 is 0. The van der Waals surface area contributed by atoms with Crippen LogP contribution in [0.4, 0.5) is 4.79 Å². The molecule has 4 rings (SSSR count). The minimum atomic E-state index is -0.553. The Labute approximate surface area is 181 Å². The van der Waals surface area contributed by atoms with Gasteiger partial charge < -0.3 is 10.1 Å². The normalized spacial score (nSPS) is 11.6. The molecule has 0 aromatic heterocycles. The zero-order chi connectivity index (χ0) is 21.5. The number of fused-ring (bicyclic) bond motifs is 1. The van der Waals surface area contributed by atoms with Crippen molar-refractivity contribution >= 4 is 22.6 Å². The fraction of sp³-hybridized carbons (Fsp3) is 0.111. The second-order valence-corrected chi connectivity index (χ2v) is 7.36. The number of amides is 1. The van der Waals surface area contributed by atoms with E-state index in [4.69, 9.17) is 4.74 Å². The monoisotopic (exact) mass is 409 g/mol. The highest BCUT2D eigenvalue weighted by Crippen LogP contribution is 2.24. The van der Waals surface area contributed by atoms with Crippen molar-refractivity contribution in [3.05, 3.63) is 120 Å². The standard InChI is InChI=1S/C27H23NO3/c29-26(22-12-5-2-6-13-22)18-25(24-16-15-21-11-7-8-14-23(21)17-24)28-27(30)31-19-20-9-3-1-4-10-20/h1-17,25H,18-19H2,(H,28,30). The Balaban J connectivity index is 1.53. The lowest BCUT2D eigenvalue weighted by atomic mass is 9.96. The van der Waals surface area contributed by atoms with Gasteiger partial charge in [-0.05, 0) is 28.0 Å². The number of nitrogens with one attached hydrogen (secondary N) is 1. The molecule has 0 saturated carbocycles. The van der Waals surface area contributed by atoms with Crippen LogP contribution in [-0.4, -0.2) is 11.9 Å². The third-order valence-corrected chi connectivity index (χ3v) is 5.17. The summed E-state index contributed by atoms with van der Waals surface area (Å²) in [6.45, 7) is 0.170. The highest BCUT2D eigenvalue weighted by Gasteiger charge is 2.20. The number of rotatable bonds is 7. The third-order valence-electron chi connectivity index (χ3n) is 5.17. The van der Waals surface area contributed by atoms with Crippen LogP contribution in [0.3, 0.4) is 0 Å². The van der Waals surface area contributed by atoms with E-state index in [2.05, 4.69) is 5.32 Å². The van der Waals surface area contributed by atoms with E-state index in [1.165, 1.54) is 0 Å². The third kappa shape index (κ3) is 5.37. The molecule has 0 bridgehead atoms. The number of benzene rings is 4. The molecule has 0 heterocycles. The lowest BCUT2D eigenvalue weighted by Crippen LogP contribution is -2.30. The summed E-state index contributed by atoms with van der Waals surface area (Å²) < 4.78 is 5.39. The number of ether oxygens (including phenoxy) is 1. The quantitative estimate of drug-likeness (QED) is 0.376. The molecule has 1 N–H and O–H groups in total. The Hall–Kier alpha value is -3.92. The Bertz CT molecular complexity index is 1170. The van der Waals surface area contributed by atoms with Gasteiger partial charge in [-0.1, -0.05) is 97.1 Å². The lowest BCUT2D eigenvalue weighted by molar-refractivity contribution is 0.0963. The summed E-state index contributed by atoms with van der Waals surface area (Å²) in [6.07, 6.45) is -0.411. The molecule has 0 aliphatic heterocycles. The fourth-order valence-corrected chi connectivity index (χ4v) is 3.51. The van der Waals surface area contributed by atoms with E-state index < -0.39 is 12.1 Å². The van der Waals surface area contributed by atoms with E-state index >= 15 is 0 Å². The first-order chi connectivity index (χ1) is 15.2. The molecule has 1 amide bonds. The maximum absolute atomic E-state index is 12.9. The van der Waals surface area contributed by atoms with Crippen molar-refractivity contribution < 1.29 is 14.3 Å². The van der Waals surface area contributed by atoms with Gasteiger partial charge in [-0.25, -0.2) is 4.79 Å². The maximum Gasteiger partial charge on any atom is 0.407 e. The van der Waals surface area contributed by atoms with Crippen molar-refractivity contribution in [1.82, 2.24) is 5.32 Å². The zero-order valence-corrected chi connectivity index (χ0v) is 17.0. The van der Waals surface area contributed by atoms with Crippen LogP contribution in [0, 0.1) is 0 Å². The molecule has 154 valence electrons. The smallest absolute Gasteiger partial charge is 0.407 e. The number of Topliss-reactive ketones (excluding diaryl/α,β-unsaturated/α-hetero) is 1. The van der Waals surface area contributed by atoms with Gasteiger partial charge in [0.25, 0.3) is 0 Å². The molecule has 4 nitrogen and oxygen atoms in total. The summed E-state index contributed by atoms with van der Waals surface area (Å²) in [5.41, 5.74) is 2.38. The summed E-state index contributed by atoms with van der Waals surface area (Å²) in [6, 6.07) is 32.1. The highest BCUT2D eigenvalue weighted by atomic mass is 16.5. The Morgan fingerprint density at radius 2 is 1.39 bits per heavy atom. The topological polar surface area (TPSA) is 55.4 Å². The average molecular weight is 409 g/mol. The van der Waals surface area contributed by atoms with Gasteiger partial charge >= 0.3 is 6.09 Å². The molecule has 4 aromatic rings. The first-order valence-electron chi connectivity index (χ1n) is 10.2. The number of carbonyl (C=O) groups excluding carboxylic acids is 2. The zero-order valence-electron chi connectivity index (χ0n) is 17.0. The lowest BCUT2D eigenvalue weighted by Gasteiger charge is -2.19.